The largest absolute Gasteiger partial charge is 0.192 e. The van der Waals surface area contributed by atoms with Gasteiger partial charge in [0.2, 0.25) is 0 Å². The second-order valence-electron chi connectivity index (χ2n) is 4.02. The fourth-order valence-corrected chi connectivity index (χ4v) is 2.33. The van der Waals surface area contributed by atoms with E-state index in [9.17, 15) is 0 Å². The van der Waals surface area contributed by atoms with Gasteiger partial charge in [-0.1, -0.05) is 17.7 Å². The summed E-state index contributed by atoms with van der Waals surface area (Å²) >= 11 is 5.94. The van der Waals surface area contributed by atoms with Crippen molar-refractivity contribution < 1.29 is 0 Å². The van der Waals surface area contributed by atoms with Gasteiger partial charge in [0.05, 0.1) is 0 Å². The van der Waals surface area contributed by atoms with Gasteiger partial charge >= 0.3 is 0 Å². The van der Waals surface area contributed by atoms with Crippen LogP contribution in [-0.2, 0) is 0 Å². The molecule has 0 saturated carbocycles. The van der Waals surface area contributed by atoms with Crippen LogP contribution in [0.15, 0.2) is 29.3 Å². The zero-order valence-electron chi connectivity index (χ0n) is 10.1. The first kappa shape index (κ1) is 13.4. The summed E-state index contributed by atoms with van der Waals surface area (Å²) in [6.45, 7) is 0. The molecule has 0 heterocycles. The summed E-state index contributed by atoms with van der Waals surface area (Å²) in [5, 5.41) is 36.5. The van der Waals surface area contributed by atoms with Crippen molar-refractivity contribution in [2.24, 2.45) is 0 Å². The molecule has 1 aliphatic carbocycles. The van der Waals surface area contributed by atoms with Crippen LogP contribution in [0.2, 0.25) is 5.02 Å². The van der Waals surface area contributed by atoms with Crippen molar-refractivity contribution in [3.05, 3.63) is 45.5 Å². The summed E-state index contributed by atoms with van der Waals surface area (Å²) in [6.07, 6.45) is 0.211. The summed E-state index contributed by atoms with van der Waals surface area (Å²) in [5.41, 5.74) is 2.29. The highest BCUT2D eigenvalue weighted by molar-refractivity contribution is 6.31. The van der Waals surface area contributed by atoms with Crippen LogP contribution in [0.25, 0.3) is 11.1 Å². The van der Waals surface area contributed by atoms with Gasteiger partial charge in [0.15, 0.2) is 0 Å². The van der Waals surface area contributed by atoms with Gasteiger partial charge in [-0.05, 0) is 34.4 Å². The van der Waals surface area contributed by atoms with E-state index in [4.69, 9.17) is 32.6 Å². The Bertz CT molecular complexity index is 801. The Kier molecular flexibility index (Phi) is 3.54. The van der Waals surface area contributed by atoms with Crippen LogP contribution in [0.5, 0.6) is 0 Å². The Labute approximate surface area is 120 Å². The van der Waals surface area contributed by atoms with Crippen molar-refractivity contribution in [3.8, 4) is 24.3 Å². The lowest BCUT2D eigenvalue weighted by molar-refractivity contribution is 1.41. The first-order chi connectivity index (χ1) is 9.65. The Morgan fingerprint density at radius 2 is 1.35 bits per heavy atom. The SMILES string of the molecule is N#CC(C#N)=C1CC(=C(C#N)C#N)c2cc(Cl)ccc21. The third-order valence-corrected chi connectivity index (χ3v) is 3.27. The Morgan fingerprint density at radius 3 is 1.85 bits per heavy atom. The van der Waals surface area contributed by atoms with Gasteiger partial charge in [-0.15, -0.1) is 0 Å². The molecule has 0 atom stereocenters. The smallest absolute Gasteiger partial charge is 0.133 e. The van der Waals surface area contributed by atoms with Crippen LogP contribution >= 0.6 is 11.6 Å². The maximum atomic E-state index is 9.01. The molecule has 0 N–H and O–H groups in total. The maximum Gasteiger partial charge on any atom is 0.133 e. The van der Waals surface area contributed by atoms with Crippen molar-refractivity contribution in [1.82, 2.24) is 0 Å². The normalized spacial score (nSPS) is 11.7. The van der Waals surface area contributed by atoms with E-state index in [1.165, 1.54) is 0 Å². The first-order valence-corrected chi connectivity index (χ1v) is 5.91. The molecule has 0 aliphatic heterocycles. The minimum atomic E-state index is -0.0289. The highest BCUT2D eigenvalue weighted by Gasteiger charge is 2.27. The summed E-state index contributed by atoms with van der Waals surface area (Å²) in [5.74, 6) is 0. The molecule has 92 valence electrons. The van der Waals surface area contributed by atoms with Crippen molar-refractivity contribution in [1.29, 1.82) is 21.0 Å². The lowest BCUT2D eigenvalue weighted by Gasteiger charge is -2.01. The lowest BCUT2D eigenvalue weighted by Crippen LogP contribution is -1.84. The number of rotatable bonds is 0. The standard InChI is InChI=1S/C15H5ClN4/c16-11-1-2-12-13(9(5-17)6-18)4-14(15(12)3-11)10(7-19)8-20/h1-3H,4H2. The summed E-state index contributed by atoms with van der Waals surface area (Å²) in [4.78, 5) is 0. The quantitative estimate of drug-likeness (QED) is 0.679. The van der Waals surface area contributed by atoms with Gasteiger partial charge in [0, 0.05) is 11.4 Å². The van der Waals surface area contributed by atoms with E-state index in [-0.39, 0.29) is 17.6 Å². The lowest BCUT2D eigenvalue weighted by atomic mass is 10.0. The van der Waals surface area contributed by atoms with Crippen LogP contribution in [0.1, 0.15) is 17.5 Å². The number of nitrogens with zero attached hydrogens (tertiary/aromatic N) is 4. The van der Waals surface area contributed by atoms with Gasteiger partial charge in [-0.3, -0.25) is 0 Å². The van der Waals surface area contributed by atoms with Gasteiger partial charge in [-0.25, -0.2) is 0 Å². The molecule has 0 saturated heterocycles. The molecule has 1 aromatic rings. The van der Waals surface area contributed by atoms with E-state index in [2.05, 4.69) is 0 Å². The number of hydrogen-bond acceptors (Lipinski definition) is 4. The number of nitriles is 4. The average Bonchev–Trinajstić information content (AvgIpc) is 2.81. The number of allylic oxidation sites excluding steroid dienone is 4. The molecule has 0 unspecified atom stereocenters. The van der Waals surface area contributed by atoms with Crippen LogP contribution in [-0.4, -0.2) is 0 Å². The molecule has 20 heavy (non-hydrogen) atoms. The number of benzene rings is 1. The van der Waals surface area contributed by atoms with Crippen LogP contribution in [0.4, 0.5) is 0 Å². The predicted octanol–water partition coefficient (Wildman–Crippen LogP) is 3.35. The van der Waals surface area contributed by atoms with E-state index in [0.29, 0.717) is 27.3 Å². The molecule has 1 aliphatic rings. The zero-order valence-corrected chi connectivity index (χ0v) is 10.9. The van der Waals surface area contributed by atoms with E-state index >= 15 is 0 Å². The topological polar surface area (TPSA) is 95.2 Å². The number of fused-ring (bicyclic) bond motifs is 1. The van der Waals surface area contributed by atoms with Gasteiger partial charge in [-0.2, -0.15) is 21.0 Å². The minimum Gasteiger partial charge on any atom is -0.192 e. The van der Waals surface area contributed by atoms with E-state index < -0.39 is 0 Å². The number of hydrogen-bond donors (Lipinski definition) is 0. The summed E-state index contributed by atoms with van der Waals surface area (Å²) in [7, 11) is 0. The van der Waals surface area contributed by atoms with E-state index in [1.807, 2.05) is 24.3 Å². The highest BCUT2D eigenvalue weighted by atomic mass is 35.5. The molecule has 1 aromatic carbocycles. The van der Waals surface area contributed by atoms with Crippen LogP contribution in [0.3, 0.4) is 0 Å². The molecule has 2 rings (SSSR count). The molecule has 0 amide bonds. The van der Waals surface area contributed by atoms with Crippen molar-refractivity contribution in [2.45, 2.75) is 6.42 Å². The molecule has 0 fully saturated rings. The van der Waals surface area contributed by atoms with Gasteiger partial charge in [0.25, 0.3) is 0 Å². The van der Waals surface area contributed by atoms with Crippen LogP contribution in [0, 0.1) is 45.3 Å². The molecular weight excluding hydrogens is 272 g/mol. The summed E-state index contributed by atoms with van der Waals surface area (Å²) < 4.78 is 0. The van der Waals surface area contributed by atoms with E-state index in [0.717, 1.165) is 0 Å². The van der Waals surface area contributed by atoms with Crippen LogP contribution < -0.4 is 0 Å². The average molecular weight is 277 g/mol. The molecule has 0 bridgehead atoms. The van der Waals surface area contributed by atoms with Crippen molar-refractivity contribution >= 4 is 22.7 Å². The minimum absolute atomic E-state index is 0.0150. The van der Waals surface area contributed by atoms with Gasteiger partial charge in [0.1, 0.15) is 35.4 Å². The first-order valence-electron chi connectivity index (χ1n) is 5.53. The van der Waals surface area contributed by atoms with E-state index in [1.54, 1.807) is 18.2 Å². The molecule has 5 heteroatoms. The second kappa shape index (κ2) is 5.29. The molecule has 4 nitrogen and oxygen atoms in total. The third-order valence-electron chi connectivity index (χ3n) is 3.04. The number of halogens is 1. The predicted molar refractivity (Wildman–Crippen MR) is 72.4 cm³/mol. The molecule has 0 aromatic heterocycles. The van der Waals surface area contributed by atoms with Gasteiger partial charge < -0.3 is 0 Å². The fraction of sp³-hybridized carbons (Fsp3) is 0.0667. The third kappa shape index (κ3) is 2.02. The highest BCUT2D eigenvalue weighted by Crippen LogP contribution is 2.44. The zero-order chi connectivity index (χ0) is 14.7. The fourth-order valence-electron chi connectivity index (χ4n) is 2.16. The maximum absolute atomic E-state index is 9.01. The second-order valence-corrected chi connectivity index (χ2v) is 4.46. The van der Waals surface area contributed by atoms with Crippen molar-refractivity contribution in [3.63, 3.8) is 0 Å². The Morgan fingerprint density at radius 1 is 0.850 bits per heavy atom. The monoisotopic (exact) mass is 276 g/mol. The Balaban J connectivity index is 2.86. The Hall–Kier alpha value is -3.05. The molecule has 0 radical (unpaired) electrons. The van der Waals surface area contributed by atoms with Crippen molar-refractivity contribution in [2.75, 3.05) is 0 Å². The summed E-state index contributed by atoms with van der Waals surface area (Å²) in [6, 6.07) is 12.3. The molecular formula is C15H5ClN4. The molecule has 0 spiro atoms.